The summed E-state index contributed by atoms with van der Waals surface area (Å²) >= 11 is 0. The van der Waals surface area contributed by atoms with Crippen LogP contribution in [-0.4, -0.2) is 10.9 Å². The van der Waals surface area contributed by atoms with Gasteiger partial charge in [0.25, 0.3) is 5.91 Å². The molecule has 3 N–H and O–H groups in total. The number of amides is 1. The zero-order valence-electron chi connectivity index (χ0n) is 9.37. The van der Waals surface area contributed by atoms with Crippen LogP contribution in [-0.2, 0) is 0 Å². The van der Waals surface area contributed by atoms with E-state index < -0.39 is 5.91 Å². The van der Waals surface area contributed by atoms with Crippen molar-refractivity contribution in [3.8, 4) is 0 Å². The molecule has 0 spiro atoms. The number of primary amides is 1. The van der Waals surface area contributed by atoms with Crippen LogP contribution in [0.3, 0.4) is 0 Å². The SMILES string of the molecule is C/C=C(\C)c1cc(C(N)=O)c2[nH]ccc2c1. The maximum Gasteiger partial charge on any atom is 0.250 e. The number of carbonyl (C=O) groups is 1. The average Bonchev–Trinajstić information content (AvgIpc) is 2.74. The lowest BCUT2D eigenvalue weighted by molar-refractivity contribution is 0.100. The lowest BCUT2D eigenvalue weighted by atomic mass is 10.0. The quantitative estimate of drug-likeness (QED) is 0.793. The normalized spacial score (nSPS) is 12.0. The van der Waals surface area contributed by atoms with Gasteiger partial charge in [-0.05, 0) is 43.2 Å². The predicted molar refractivity (Wildman–Crippen MR) is 66.1 cm³/mol. The molecule has 1 aromatic heterocycles. The van der Waals surface area contributed by atoms with Crippen molar-refractivity contribution < 1.29 is 4.79 Å². The van der Waals surface area contributed by atoms with Gasteiger partial charge in [-0.15, -0.1) is 0 Å². The summed E-state index contributed by atoms with van der Waals surface area (Å²) in [7, 11) is 0. The highest BCUT2D eigenvalue weighted by Crippen LogP contribution is 2.23. The van der Waals surface area contributed by atoms with E-state index in [0.29, 0.717) is 5.56 Å². The molecule has 2 rings (SSSR count). The molecule has 0 aliphatic carbocycles. The fourth-order valence-corrected chi connectivity index (χ4v) is 1.76. The Labute approximate surface area is 94.0 Å². The van der Waals surface area contributed by atoms with Gasteiger partial charge < -0.3 is 10.7 Å². The number of rotatable bonds is 2. The molecule has 0 bridgehead atoms. The summed E-state index contributed by atoms with van der Waals surface area (Å²) in [5.41, 5.74) is 8.88. The zero-order valence-corrected chi connectivity index (χ0v) is 9.37. The standard InChI is InChI=1S/C13H14N2O/c1-3-8(2)10-6-9-4-5-15-12(9)11(7-10)13(14)16/h3-7,15H,1-2H3,(H2,14,16)/b8-3+. The van der Waals surface area contributed by atoms with E-state index >= 15 is 0 Å². The van der Waals surface area contributed by atoms with Crippen LogP contribution in [0.25, 0.3) is 16.5 Å². The fourth-order valence-electron chi connectivity index (χ4n) is 1.76. The number of nitrogens with one attached hydrogen (secondary N) is 1. The smallest absolute Gasteiger partial charge is 0.250 e. The summed E-state index contributed by atoms with van der Waals surface area (Å²) in [5, 5.41) is 1.01. The first kappa shape index (κ1) is 10.5. The molecule has 1 aromatic carbocycles. The number of aromatic nitrogens is 1. The van der Waals surface area contributed by atoms with Gasteiger partial charge in [0.15, 0.2) is 0 Å². The summed E-state index contributed by atoms with van der Waals surface area (Å²) in [4.78, 5) is 14.4. The van der Waals surface area contributed by atoms with Gasteiger partial charge in [-0.25, -0.2) is 0 Å². The molecule has 0 saturated carbocycles. The predicted octanol–water partition coefficient (Wildman–Crippen LogP) is 2.69. The van der Waals surface area contributed by atoms with Gasteiger partial charge in [0.05, 0.1) is 11.1 Å². The minimum absolute atomic E-state index is 0.404. The van der Waals surface area contributed by atoms with Gasteiger partial charge in [-0.1, -0.05) is 6.08 Å². The molecule has 0 aliphatic rings. The third-order valence-electron chi connectivity index (χ3n) is 2.81. The van der Waals surface area contributed by atoms with E-state index in [4.69, 9.17) is 5.73 Å². The number of fused-ring (bicyclic) bond motifs is 1. The van der Waals surface area contributed by atoms with E-state index in [2.05, 4.69) is 4.98 Å². The molecule has 3 heteroatoms. The highest BCUT2D eigenvalue weighted by atomic mass is 16.1. The maximum atomic E-state index is 11.4. The molecule has 0 atom stereocenters. The highest BCUT2D eigenvalue weighted by Gasteiger charge is 2.10. The summed E-state index contributed by atoms with van der Waals surface area (Å²) in [6, 6.07) is 5.82. The Kier molecular flexibility index (Phi) is 2.52. The molecular weight excluding hydrogens is 200 g/mol. The second-order valence-electron chi connectivity index (χ2n) is 3.80. The van der Waals surface area contributed by atoms with Gasteiger partial charge in [-0.3, -0.25) is 4.79 Å². The number of allylic oxidation sites excluding steroid dienone is 2. The van der Waals surface area contributed by atoms with Crippen molar-refractivity contribution in [2.45, 2.75) is 13.8 Å². The molecule has 0 fully saturated rings. The van der Waals surface area contributed by atoms with E-state index in [1.54, 1.807) is 0 Å². The fraction of sp³-hybridized carbons (Fsp3) is 0.154. The Morgan fingerprint density at radius 2 is 2.19 bits per heavy atom. The Balaban J connectivity index is 2.76. The van der Waals surface area contributed by atoms with Crippen molar-refractivity contribution in [2.24, 2.45) is 5.73 Å². The van der Waals surface area contributed by atoms with E-state index in [9.17, 15) is 4.79 Å². The van der Waals surface area contributed by atoms with E-state index in [-0.39, 0.29) is 0 Å². The van der Waals surface area contributed by atoms with Crippen molar-refractivity contribution in [3.05, 3.63) is 41.6 Å². The summed E-state index contributed by atoms with van der Waals surface area (Å²) < 4.78 is 0. The monoisotopic (exact) mass is 214 g/mol. The van der Waals surface area contributed by atoms with Crippen LogP contribution in [0, 0.1) is 0 Å². The topological polar surface area (TPSA) is 58.9 Å². The molecule has 0 aliphatic heterocycles. The number of H-pyrrole nitrogens is 1. The highest BCUT2D eigenvalue weighted by molar-refractivity contribution is 6.06. The lowest BCUT2D eigenvalue weighted by Crippen LogP contribution is -2.11. The number of aromatic amines is 1. The van der Waals surface area contributed by atoms with Gasteiger partial charge in [-0.2, -0.15) is 0 Å². The molecule has 16 heavy (non-hydrogen) atoms. The summed E-state index contributed by atoms with van der Waals surface area (Å²) in [5.74, 6) is -0.404. The first-order valence-corrected chi connectivity index (χ1v) is 5.17. The third-order valence-corrected chi connectivity index (χ3v) is 2.81. The number of carbonyl (C=O) groups excluding carboxylic acids is 1. The van der Waals surface area contributed by atoms with Crippen molar-refractivity contribution >= 4 is 22.4 Å². The van der Waals surface area contributed by atoms with Crippen LogP contribution in [0.15, 0.2) is 30.5 Å². The second kappa shape index (κ2) is 3.85. The minimum atomic E-state index is -0.404. The Bertz CT molecular complexity index is 579. The second-order valence-corrected chi connectivity index (χ2v) is 3.80. The van der Waals surface area contributed by atoms with Crippen molar-refractivity contribution in [1.29, 1.82) is 0 Å². The number of hydrogen-bond acceptors (Lipinski definition) is 1. The lowest BCUT2D eigenvalue weighted by Gasteiger charge is -2.05. The van der Waals surface area contributed by atoms with Crippen LogP contribution < -0.4 is 5.73 Å². The van der Waals surface area contributed by atoms with E-state index in [0.717, 1.165) is 22.0 Å². The Hall–Kier alpha value is -2.03. The van der Waals surface area contributed by atoms with Crippen molar-refractivity contribution in [3.63, 3.8) is 0 Å². The van der Waals surface area contributed by atoms with Crippen LogP contribution in [0.4, 0.5) is 0 Å². The average molecular weight is 214 g/mol. The summed E-state index contributed by atoms with van der Waals surface area (Å²) in [6.07, 6.45) is 3.82. The van der Waals surface area contributed by atoms with E-state index in [1.165, 1.54) is 0 Å². The van der Waals surface area contributed by atoms with Crippen LogP contribution >= 0.6 is 0 Å². The molecule has 1 heterocycles. The van der Waals surface area contributed by atoms with Gasteiger partial charge >= 0.3 is 0 Å². The molecule has 1 amide bonds. The zero-order chi connectivity index (χ0) is 11.7. The molecule has 0 unspecified atom stereocenters. The van der Waals surface area contributed by atoms with E-state index in [1.807, 2.05) is 44.3 Å². The largest absolute Gasteiger partial charge is 0.366 e. The maximum absolute atomic E-state index is 11.4. The molecular formula is C13H14N2O. The number of benzene rings is 1. The number of hydrogen-bond donors (Lipinski definition) is 2. The third kappa shape index (κ3) is 1.60. The molecule has 2 aromatic rings. The first-order chi connectivity index (χ1) is 7.63. The van der Waals surface area contributed by atoms with Crippen molar-refractivity contribution in [1.82, 2.24) is 4.98 Å². The van der Waals surface area contributed by atoms with Crippen LogP contribution in [0.5, 0.6) is 0 Å². The molecule has 0 saturated heterocycles. The Morgan fingerprint density at radius 1 is 1.44 bits per heavy atom. The first-order valence-electron chi connectivity index (χ1n) is 5.17. The minimum Gasteiger partial charge on any atom is -0.366 e. The van der Waals surface area contributed by atoms with Crippen molar-refractivity contribution in [2.75, 3.05) is 0 Å². The number of nitrogens with two attached hydrogens (primary N) is 1. The van der Waals surface area contributed by atoms with Gasteiger partial charge in [0.2, 0.25) is 0 Å². The molecule has 3 nitrogen and oxygen atoms in total. The molecule has 0 radical (unpaired) electrons. The van der Waals surface area contributed by atoms with Crippen LogP contribution in [0.1, 0.15) is 29.8 Å². The van der Waals surface area contributed by atoms with Crippen LogP contribution in [0.2, 0.25) is 0 Å². The van der Waals surface area contributed by atoms with Gasteiger partial charge in [0.1, 0.15) is 0 Å². The molecule has 82 valence electrons. The van der Waals surface area contributed by atoms with Gasteiger partial charge in [0, 0.05) is 11.6 Å². The summed E-state index contributed by atoms with van der Waals surface area (Å²) in [6.45, 7) is 3.99. The Morgan fingerprint density at radius 3 is 2.81 bits per heavy atom.